The van der Waals surface area contributed by atoms with Gasteiger partial charge in [-0.05, 0) is 40.6 Å². The van der Waals surface area contributed by atoms with Crippen LogP contribution in [0.1, 0.15) is 24.1 Å². The van der Waals surface area contributed by atoms with Gasteiger partial charge in [-0.1, -0.05) is 31.2 Å². The zero-order chi connectivity index (χ0) is 13.1. The zero-order valence-corrected chi connectivity index (χ0v) is 11.7. The van der Waals surface area contributed by atoms with Crippen molar-refractivity contribution < 1.29 is 0 Å². The van der Waals surface area contributed by atoms with Crippen LogP contribution in [-0.4, -0.2) is 11.5 Å². The first kappa shape index (κ1) is 12.3. The summed E-state index contributed by atoms with van der Waals surface area (Å²) in [5, 5.41) is 7.15. The fraction of sp³-hybridized carbons (Fsp3) is 0.188. The van der Waals surface area contributed by atoms with Crippen LogP contribution >= 0.6 is 11.3 Å². The lowest BCUT2D eigenvalue weighted by molar-refractivity contribution is 0.634. The van der Waals surface area contributed by atoms with Crippen LogP contribution in [0.4, 0.5) is 0 Å². The molecule has 0 spiro atoms. The summed E-state index contributed by atoms with van der Waals surface area (Å²) >= 11 is 1.80. The van der Waals surface area contributed by atoms with E-state index in [-0.39, 0.29) is 6.04 Å². The molecule has 1 atom stereocenters. The van der Waals surface area contributed by atoms with E-state index in [0.29, 0.717) is 0 Å². The second kappa shape index (κ2) is 5.51. The van der Waals surface area contributed by atoms with E-state index in [4.69, 9.17) is 0 Å². The largest absolute Gasteiger partial charge is 0.306 e. The fourth-order valence-corrected chi connectivity index (χ4v) is 3.37. The molecule has 0 fully saturated rings. The van der Waals surface area contributed by atoms with Crippen LogP contribution < -0.4 is 5.32 Å². The summed E-state index contributed by atoms with van der Waals surface area (Å²) in [5.41, 5.74) is 2.56. The van der Waals surface area contributed by atoms with Crippen LogP contribution in [0.5, 0.6) is 0 Å². The molecular weight excluding hydrogens is 252 g/mol. The Hall–Kier alpha value is -1.71. The minimum atomic E-state index is 0.217. The van der Waals surface area contributed by atoms with E-state index in [2.05, 4.69) is 52.9 Å². The van der Waals surface area contributed by atoms with E-state index in [1.165, 1.54) is 21.2 Å². The molecule has 0 aliphatic heterocycles. The van der Waals surface area contributed by atoms with Crippen molar-refractivity contribution in [3.63, 3.8) is 0 Å². The number of hydrogen-bond donors (Lipinski definition) is 1. The number of hydrogen-bond acceptors (Lipinski definition) is 3. The van der Waals surface area contributed by atoms with E-state index < -0.39 is 0 Å². The monoisotopic (exact) mass is 268 g/mol. The van der Waals surface area contributed by atoms with E-state index in [9.17, 15) is 0 Å². The van der Waals surface area contributed by atoms with Crippen LogP contribution in [-0.2, 0) is 0 Å². The van der Waals surface area contributed by atoms with Crippen LogP contribution in [0.3, 0.4) is 0 Å². The number of nitrogens with zero attached hydrogens (tertiary/aromatic N) is 1. The highest BCUT2D eigenvalue weighted by Crippen LogP contribution is 2.33. The van der Waals surface area contributed by atoms with Crippen molar-refractivity contribution >= 4 is 21.4 Å². The van der Waals surface area contributed by atoms with Crippen molar-refractivity contribution in [3.05, 3.63) is 65.3 Å². The molecule has 0 saturated carbocycles. The molecule has 0 aliphatic rings. The van der Waals surface area contributed by atoms with E-state index in [1.807, 2.05) is 18.5 Å². The second-order valence-corrected chi connectivity index (χ2v) is 5.38. The first-order valence-corrected chi connectivity index (χ1v) is 7.37. The topological polar surface area (TPSA) is 24.9 Å². The van der Waals surface area contributed by atoms with Crippen molar-refractivity contribution in [2.75, 3.05) is 6.54 Å². The Labute approximate surface area is 117 Å². The number of fused-ring (bicyclic) bond motifs is 1. The van der Waals surface area contributed by atoms with Crippen LogP contribution in [0.2, 0.25) is 0 Å². The predicted octanol–water partition coefficient (Wildman–Crippen LogP) is 4.00. The SMILES string of the molecule is CCN[C@H](c1cccnc1)c1csc2ccccc12. The van der Waals surface area contributed by atoms with Crippen LogP contribution in [0, 0.1) is 0 Å². The maximum Gasteiger partial charge on any atom is 0.0606 e. The molecule has 19 heavy (non-hydrogen) atoms. The summed E-state index contributed by atoms with van der Waals surface area (Å²) in [6.07, 6.45) is 3.76. The molecule has 2 nitrogen and oxygen atoms in total. The van der Waals surface area contributed by atoms with Gasteiger partial charge in [-0.15, -0.1) is 11.3 Å². The van der Waals surface area contributed by atoms with Gasteiger partial charge in [-0.25, -0.2) is 0 Å². The van der Waals surface area contributed by atoms with Crippen molar-refractivity contribution in [3.8, 4) is 0 Å². The highest BCUT2D eigenvalue weighted by atomic mass is 32.1. The van der Waals surface area contributed by atoms with E-state index in [1.54, 1.807) is 11.3 Å². The second-order valence-electron chi connectivity index (χ2n) is 4.46. The highest BCUT2D eigenvalue weighted by Gasteiger charge is 2.16. The predicted molar refractivity (Wildman–Crippen MR) is 81.6 cm³/mol. The number of thiophene rings is 1. The van der Waals surface area contributed by atoms with Gasteiger partial charge in [0, 0.05) is 17.1 Å². The standard InChI is InChI=1S/C16H16N2S/c1-2-18-16(12-6-5-9-17-10-12)14-11-19-15-8-4-3-7-13(14)15/h3-11,16,18H,2H2,1H3/t16-/m1/s1. The Morgan fingerprint density at radius 1 is 1.21 bits per heavy atom. The third kappa shape index (κ3) is 2.39. The summed E-state index contributed by atoms with van der Waals surface area (Å²) in [5.74, 6) is 0. The van der Waals surface area contributed by atoms with Gasteiger partial charge in [-0.3, -0.25) is 4.98 Å². The van der Waals surface area contributed by atoms with Crippen LogP contribution in [0.25, 0.3) is 10.1 Å². The molecule has 0 radical (unpaired) electrons. The van der Waals surface area contributed by atoms with Crippen molar-refractivity contribution in [1.29, 1.82) is 0 Å². The van der Waals surface area contributed by atoms with Crippen molar-refractivity contribution in [1.82, 2.24) is 10.3 Å². The van der Waals surface area contributed by atoms with Gasteiger partial charge in [0.2, 0.25) is 0 Å². The normalized spacial score (nSPS) is 12.7. The Kier molecular flexibility index (Phi) is 3.58. The van der Waals surface area contributed by atoms with Crippen LogP contribution in [0.15, 0.2) is 54.2 Å². The Balaban J connectivity index is 2.10. The summed E-state index contributed by atoms with van der Waals surface area (Å²) in [6, 6.07) is 12.9. The van der Waals surface area contributed by atoms with Crippen molar-refractivity contribution in [2.24, 2.45) is 0 Å². The van der Waals surface area contributed by atoms with E-state index in [0.717, 1.165) is 6.54 Å². The third-order valence-corrected chi connectivity index (χ3v) is 4.23. The summed E-state index contributed by atoms with van der Waals surface area (Å²) < 4.78 is 1.34. The Bertz CT molecular complexity index is 661. The van der Waals surface area contributed by atoms with Gasteiger partial charge in [-0.2, -0.15) is 0 Å². The molecule has 3 aromatic rings. The minimum absolute atomic E-state index is 0.217. The molecule has 0 aliphatic carbocycles. The van der Waals surface area contributed by atoms with Gasteiger partial charge < -0.3 is 5.32 Å². The number of aromatic nitrogens is 1. The highest BCUT2D eigenvalue weighted by molar-refractivity contribution is 7.17. The number of nitrogens with one attached hydrogen (secondary N) is 1. The van der Waals surface area contributed by atoms with E-state index >= 15 is 0 Å². The molecule has 3 rings (SSSR count). The molecule has 1 N–H and O–H groups in total. The molecule has 2 heterocycles. The number of benzene rings is 1. The summed E-state index contributed by atoms with van der Waals surface area (Å²) in [4.78, 5) is 4.24. The number of rotatable bonds is 4. The molecule has 0 amide bonds. The fourth-order valence-electron chi connectivity index (χ4n) is 2.38. The van der Waals surface area contributed by atoms with Gasteiger partial charge >= 0.3 is 0 Å². The Morgan fingerprint density at radius 2 is 2.11 bits per heavy atom. The van der Waals surface area contributed by atoms with Gasteiger partial charge in [0.25, 0.3) is 0 Å². The lowest BCUT2D eigenvalue weighted by Crippen LogP contribution is -2.21. The average molecular weight is 268 g/mol. The lowest BCUT2D eigenvalue weighted by Gasteiger charge is -2.17. The maximum atomic E-state index is 4.24. The van der Waals surface area contributed by atoms with Gasteiger partial charge in [0.1, 0.15) is 0 Å². The average Bonchev–Trinajstić information content (AvgIpc) is 2.89. The molecule has 96 valence electrons. The number of pyridine rings is 1. The first-order valence-electron chi connectivity index (χ1n) is 6.49. The summed E-state index contributed by atoms with van der Waals surface area (Å²) in [6.45, 7) is 3.07. The van der Waals surface area contributed by atoms with Gasteiger partial charge in [0.15, 0.2) is 0 Å². The minimum Gasteiger partial charge on any atom is -0.306 e. The third-order valence-electron chi connectivity index (χ3n) is 3.25. The molecule has 3 heteroatoms. The maximum absolute atomic E-state index is 4.24. The van der Waals surface area contributed by atoms with Gasteiger partial charge in [0.05, 0.1) is 6.04 Å². The molecule has 0 unspecified atom stereocenters. The quantitative estimate of drug-likeness (QED) is 0.773. The molecule has 0 saturated heterocycles. The molecular formula is C16H16N2S. The van der Waals surface area contributed by atoms with Crippen molar-refractivity contribution in [2.45, 2.75) is 13.0 Å². The molecule has 2 aromatic heterocycles. The first-order chi connectivity index (χ1) is 9.40. The smallest absolute Gasteiger partial charge is 0.0606 e. The lowest BCUT2D eigenvalue weighted by atomic mass is 9.99. The summed E-state index contributed by atoms with van der Waals surface area (Å²) in [7, 11) is 0. The zero-order valence-electron chi connectivity index (χ0n) is 10.8. The molecule has 1 aromatic carbocycles. The Morgan fingerprint density at radius 3 is 2.89 bits per heavy atom. The molecule has 0 bridgehead atoms.